The zero-order valence-corrected chi connectivity index (χ0v) is 25.3. The molecule has 0 radical (unpaired) electrons. The van der Waals surface area contributed by atoms with Gasteiger partial charge in [-0.3, -0.25) is 9.71 Å². The highest BCUT2D eigenvalue weighted by Gasteiger charge is 2.33. The molecule has 2 aliphatic heterocycles. The van der Waals surface area contributed by atoms with Crippen LogP contribution in [0.2, 0.25) is 0 Å². The van der Waals surface area contributed by atoms with Gasteiger partial charge in [0.15, 0.2) is 23.1 Å². The second-order valence-electron chi connectivity index (χ2n) is 10.6. The summed E-state index contributed by atoms with van der Waals surface area (Å²) in [6.07, 6.45) is 6.32. The number of ether oxygens (including phenoxy) is 3. The number of anilines is 1. The van der Waals surface area contributed by atoms with Crippen LogP contribution in [-0.2, 0) is 10.0 Å². The number of hydrogen-bond acceptors (Lipinski definition) is 9. The lowest BCUT2D eigenvalue weighted by atomic mass is 10.1. The highest BCUT2D eigenvalue weighted by atomic mass is 32.2. The van der Waals surface area contributed by atoms with E-state index in [1.165, 1.54) is 31.4 Å². The van der Waals surface area contributed by atoms with E-state index in [1.54, 1.807) is 57.4 Å². The molecule has 1 fully saturated rings. The summed E-state index contributed by atoms with van der Waals surface area (Å²) in [4.78, 5) is 7.12. The van der Waals surface area contributed by atoms with Crippen LogP contribution in [0.3, 0.4) is 0 Å². The Kier molecular flexibility index (Phi) is 9.05. The molecule has 10 nitrogen and oxygen atoms in total. The van der Waals surface area contributed by atoms with Gasteiger partial charge in [-0.1, -0.05) is 6.42 Å². The Bertz CT molecular complexity index is 1580. The Labute approximate surface area is 246 Å². The minimum absolute atomic E-state index is 0.0616. The van der Waals surface area contributed by atoms with Gasteiger partial charge >= 0.3 is 0 Å². The van der Waals surface area contributed by atoms with Gasteiger partial charge in [-0.05, 0) is 70.5 Å². The topological polar surface area (TPSA) is 105 Å². The number of sulfonamides is 1. The van der Waals surface area contributed by atoms with Crippen molar-refractivity contribution in [3.8, 4) is 23.0 Å². The van der Waals surface area contributed by atoms with Crippen molar-refractivity contribution in [2.75, 3.05) is 45.1 Å². The van der Waals surface area contributed by atoms with Gasteiger partial charge in [0.05, 0.1) is 31.0 Å². The largest absolute Gasteiger partial charge is 0.493 e. The van der Waals surface area contributed by atoms with Gasteiger partial charge in [0, 0.05) is 43.0 Å². The summed E-state index contributed by atoms with van der Waals surface area (Å²) < 4.78 is 61.3. The van der Waals surface area contributed by atoms with Gasteiger partial charge in [0.25, 0.3) is 10.0 Å². The molecule has 1 saturated heterocycles. The fourth-order valence-electron chi connectivity index (χ4n) is 5.47. The number of methoxy groups -OCH3 is 1. The second kappa shape index (κ2) is 12.7. The summed E-state index contributed by atoms with van der Waals surface area (Å²) in [5, 5.41) is 2.27. The molecule has 42 heavy (non-hydrogen) atoms. The first kappa shape index (κ1) is 29.9. The van der Waals surface area contributed by atoms with Crippen molar-refractivity contribution in [1.29, 1.82) is 0 Å². The molecule has 1 unspecified atom stereocenters. The van der Waals surface area contributed by atoms with Crippen LogP contribution in [0.1, 0.15) is 39.5 Å². The summed E-state index contributed by atoms with van der Waals surface area (Å²) in [7, 11) is -0.601. The maximum Gasteiger partial charge on any atom is 0.261 e. The predicted octanol–water partition coefficient (Wildman–Crippen LogP) is 5.24. The normalized spacial score (nSPS) is 18.0. The van der Waals surface area contributed by atoms with Gasteiger partial charge in [0.1, 0.15) is 10.7 Å². The Hall–Kier alpha value is -3.61. The van der Waals surface area contributed by atoms with E-state index < -0.39 is 21.9 Å². The van der Waals surface area contributed by atoms with Crippen molar-refractivity contribution >= 4 is 26.6 Å². The molecule has 2 N–H and O–H groups in total. The lowest BCUT2D eigenvalue weighted by Crippen LogP contribution is -2.33. The standard InChI is InChI=1S/C30H38FN5O5S/c1-20-30(21(2)35(3)33-20)42(37,38)34-22-9-10-27(24(31)17-22)41-26-11-12-32-25-19-29(28(39-4)18-23(25)26)40-16-8-15-36-13-6-5-7-14-36/h9-12,17-20,33-34H,5-8,13-16H2,1-4H3. The number of rotatable bonds is 11. The molecule has 0 saturated carbocycles. The Morgan fingerprint density at radius 1 is 1.07 bits per heavy atom. The van der Waals surface area contributed by atoms with Crippen molar-refractivity contribution in [3.05, 3.63) is 59.0 Å². The van der Waals surface area contributed by atoms with Crippen molar-refractivity contribution in [2.24, 2.45) is 0 Å². The SMILES string of the molecule is COc1cc2c(Oc3ccc(NS(=O)(=O)C4=C(C)N(C)NC4C)cc3F)ccnc2cc1OCCCN1CCCCC1. The van der Waals surface area contributed by atoms with E-state index in [4.69, 9.17) is 14.2 Å². The van der Waals surface area contributed by atoms with Gasteiger partial charge in [-0.15, -0.1) is 0 Å². The van der Waals surface area contributed by atoms with E-state index >= 15 is 4.39 Å². The number of nitrogens with zero attached hydrogens (tertiary/aromatic N) is 3. The zero-order valence-electron chi connectivity index (χ0n) is 24.4. The molecular formula is C30H38FN5O5S. The number of allylic oxidation sites excluding steroid dienone is 1. The minimum atomic E-state index is -3.91. The summed E-state index contributed by atoms with van der Waals surface area (Å²) in [5.74, 6) is 0.695. The molecule has 2 aromatic carbocycles. The number of pyridine rings is 1. The first-order chi connectivity index (χ1) is 20.2. The number of fused-ring (bicyclic) bond motifs is 1. The van der Waals surface area contributed by atoms with Crippen molar-refractivity contribution in [3.63, 3.8) is 0 Å². The molecule has 2 aliphatic rings. The molecule has 0 amide bonds. The predicted molar refractivity (Wildman–Crippen MR) is 161 cm³/mol. The Morgan fingerprint density at radius 2 is 1.86 bits per heavy atom. The lowest BCUT2D eigenvalue weighted by molar-refractivity contribution is 0.203. The Morgan fingerprint density at radius 3 is 2.55 bits per heavy atom. The van der Waals surface area contributed by atoms with Crippen LogP contribution >= 0.6 is 0 Å². The van der Waals surface area contributed by atoms with E-state index in [2.05, 4.69) is 20.0 Å². The monoisotopic (exact) mass is 599 g/mol. The van der Waals surface area contributed by atoms with E-state index in [0.717, 1.165) is 32.1 Å². The first-order valence-corrected chi connectivity index (χ1v) is 15.7. The van der Waals surface area contributed by atoms with Gasteiger partial charge in [0.2, 0.25) is 0 Å². The summed E-state index contributed by atoms with van der Waals surface area (Å²) in [6.45, 7) is 7.32. The highest BCUT2D eigenvalue weighted by Crippen LogP contribution is 2.38. The third-order valence-corrected chi connectivity index (χ3v) is 9.38. The van der Waals surface area contributed by atoms with Crippen LogP contribution in [0.15, 0.2) is 53.2 Å². The fraction of sp³-hybridized carbons (Fsp3) is 0.433. The number of hydrazine groups is 1. The molecule has 0 aliphatic carbocycles. The third-order valence-electron chi connectivity index (χ3n) is 7.65. The Balaban J connectivity index is 1.29. The van der Waals surface area contributed by atoms with E-state index in [0.29, 0.717) is 40.5 Å². The maximum atomic E-state index is 15.2. The molecular weight excluding hydrogens is 561 g/mol. The maximum absolute atomic E-state index is 15.2. The summed E-state index contributed by atoms with van der Waals surface area (Å²) >= 11 is 0. The van der Waals surface area contributed by atoms with Gasteiger partial charge in [-0.2, -0.15) is 0 Å². The zero-order chi connectivity index (χ0) is 29.9. The van der Waals surface area contributed by atoms with Crippen LogP contribution in [0.25, 0.3) is 10.9 Å². The van der Waals surface area contributed by atoms with Crippen LogP contribution in [0, 0.1) is 5.82 Å². The van der Waals surface area contributed by atoms with E-state index in [-0.39, 0.29) is 16.3 Å². The van der Waals surface area contributed by atoms with Crippen LogP contribution < -0.4 is 24.4 Å². The summed E-state index contributed by atoms with van der Waals surface area (Å²) in [5.41, 5.74) is 4.30. The number of aromatic nitrogens is 1. The molecule has 0 spiro atoms. The molecule has 3 heterocycles. The third kappa shape index (κ3) is 6.55. The van der Waals surface area contributed by atoms with Crippen molar-refractivity contribution in [2.45, 2.75) is 45.6 Å². The average Bonchev–Trinajstić information content (AvgIpc) is 3.23. The van der Waals surface area contributed by atoms with Crippen LogP contribution in [-0.4, -0.2) is 69.8 Å². The average molecular weight is 600 g/mol. The molecule has 0 bridgehead atoms. The smallest absolute Gasteiger partial charge is 0.261 e. The van der Waals surface area contributed by atoms with E-state index in [1.807, 2.05) is 0 Å². The number of hydrogen-bond donors (Lipinski definition) is 2. The quantitative estimate of drug-likeness (QED) is 0.286. The number of piperidine rings is 1. The van der Waals surface area contributed by atoms with Crippen LogP contribution in [0.4, 0.5) is 10.1 Å². The number of likely N-dealkylation sites (tertiary alicyclic amines) is 1. The van der Waals surface area contributed by atoms with Crippen molar-refractivity contribution in [1.82, 2.24) is 20.3 Å². The molecule has 1 aromatic heterocycles. The molecule has 3 aromatic rings. The molecule has 12 heteroatoms. The number of halogens is 1. The minimum Gasteiger partial charge on any atom is -0.493 e. The summed E-state index contributed by atoms with van der Waals surface area (Å²) in [6, 6.07) is 8.73. The highest BCUT2D eigenvalue weighted by molar-refractivity contribution is 7.96. The second-order valence-corrected chi connectivity index (χ2v) is 12.3. The molecule has 5 rings (SSSR count). The first-order valence-electron chi connectivity index (χ1n) is 14.2. The molecule has 226 valence electrons. The van der Waals surface area contributed by atoms with Crippen LogP contribution in [0.5, 0.6) is 23.0 Å². The fourth-order valence-corrected chi connectivity index (χ4v) is 7.06. The van der Waals surface area contributed by atoms with Crippen molar-refractivity contribution < 1.29 is 27.0 Å². The van der Waals surface area contributed by atoms with Gasteiger partial charge in [-0.25, -0.2) is 18.2 Å². The van der Waals surface area contributed by atoms with Gasteiger partial charge < -0.3 is 24.1 Å². The number of nitrogens with one attached hydrogen (secondary N) is 2. The van der Waals surface area contributed by atoms with E-state index in [9.17, 15) is 8.42 Å². The molecule has 1 atom stereocenters. The lowest BCUT2D eigenvalue weighted by Gasteiger charge is -2.26. The number of benzene rings is 2.